The fraction of sp³-hybridized carbons (Fsp3) is 0.125. The van der Waals surface area contributed by atoms with E-state index in [1.807, 2.05) is 24.3 Å². The van der Waals surface area contributed by atoms with E-state index in [1.54, 1.807) is 0 Å². The molecule has 0 saturated heterocycles. The molecule has 2 nitrogen and oxygen atoms in total. The van der Waals surface area contributed by atoms with Crippen LogP contribution in [0.15, 0.2) is 32.0 Å². The minimum Gasteiger partial charge on any atom is -0.246 e. The first kappa shape index (κ1) is 11.1. The second-order valence-corrected chi connectivity index (χ2v) is 4.86. The number of halogens is 2. The Hall–Kier alpha value is -0.0200. The monoisotopic (exact) mass is 320 g/mol. The number of nitriles is 1. The third-order valence-electron chi connectivity index (χ3n) is 1.23. The van der Waals surface area contributed by atoms with Gasteiger partial charge in [0.05, 0.1) is 12.6 Å². The Labute approximate surface area is 98.1 Å². The molecular formula is C8H6Br2N2S. The molecule has 0 unspecified atom stereocenters. The lowest BCUT2D eigenvalue weighted by molar-refractivity contribution is 1.13. The molecule has 0 aliphatic carbocycles. The minimum atomic E-state index is 0.337. The molecule has 0 aliphatic rings. The van der Waals surface area contributed by atoms with Gasteiger partial charge in [-0.15, -0.1) is 0 Å². The summed E-state index contributed by atoms with van der Waals surface area (Å²) in [7, 11) is 0. The van der Waals surface area contributed by atoms with Gasteiger partial charge in [0.1, 0.15) is 0 Å². The second kappa shape index (κ2) is 5.66. The van der Waals surface area contributed by atoms with Crippen LogP contribution in [-0.4, -0.2) is 6.54 Å². The lowest BCUT2D eigenvalue weighted by Gasteiger charge is -2.03. The molecular weight excluding hydrogens is 316 g/mol. The maximum absolute atomic E-state index is 8.32. The molecule has 1 rings (SSSR count). The van der Waals surface area contributed by atoms with E-state index < -0.39 is 0 Å². The van der Waals surface area contributed by atoms with E-state index in [0.29, 0.717) is 6.54 Å². The van der Waals surface area contributed by atoms with Crippen molar-refractivity contribution in [2.45, 2.75) is 4.90 Å². The second-order valence-electron chi connectivity index (χ2n) is 2.16. The van der Waals surface area contributed by atoms with Gasteiger partial charge in [-0.2, -0.15) is 5.26 Å². The van der Waals surface area contributed by atoms with Crippen molar-refractivity contribution in [3.05, 3.63) is 27.1 Å². The smallest absolute Gasteiger partial charge is 0.0935 e. The van der Waals surface area contributed by atoms with Gasteiger partial charge in [-0.25, -0.2) is 4.72 Å². The van der Waals surface area contributed by atoms with Gasteiger partial charge < -0.3 is 0 Å². The summed E-state index contributed by atoms with van der Waals surface area (Å²) in [5, 5.41) is 8.32. The van der Waals surface area contributed by atoms with Crippen molar-refractivity contribution in [3.63, 3.8) is 0 Å². The van der Waals surface area contributed by atoms with Gasteiger partial charge in [0, 0.05) is 13.8 Å². The molecule has 0 aromatic heterocycles. The largest absolute Gasteiger partial charge is 0.246 e. The van der Waals surface area contributed by atoms with Crippen LogP contribution in [0.1, 0.15) is 0 Å². The zero-order valence-electron chi connectivity index (χ0n) is 6.55. The standard InChI is InChI=1S/C8H6Br2N2S/c9-6-1-2-7(10)8(5-6)13-12-4-3-11/h1-2,5,12H,4H2. The molecule has 68 valence electrons. The highest BCUT2D eigenvalue weighted by Gasteiger charge is 2.00. The molecule has 0 saturated carbocycles. The van der Waals surface area contributed by atoms with E-state index >= 15 is 0 Å². The Bertz CT molecular complexity index is 335. The zero-order valence-corrected chi connectivity index (χ0v) is 10.5. The number of nitrogens with one attached hydrogen (secondary N) is 1. The lowest BCUT2D eigenvalue weighted by atomic mass is 10.4. The van der Waals surface area contributed by atoms with Crippen LogP contribution in [0.25, 0.3) is 0 Å². The van der Waals surface area contributed by atoms with Crippen molar-refractivity contribution in [1.82, 2.24) is 4.72 Å². The molecule has 0 radical (unpaired) electrons. The molecule has 0 spiro atoms. The summed E-state index contributed by atoms with van der Waals surface area (Å²) in [6.07, 6.45) is 0. The summed E-state index contributed by atoms with van der Waals surface area (Å²) in [4.78, 5) is 1.06. The number of hydrogen-bond donors (Lipinski definition) is 1. The van der Waals surface area contributed by atoms with Gasteiger partial charge in [0.2, 0.25) is 0 Å². The molecule has 1 N–H and O–H groups in total. The number of nitrogens with zero attached hydrogens (tertiary/aromatic N) is 1. The van der Waals surface area contributed by atoms with E-state index in [9.17, 15) is 0 Å². The van der Waals surface area contributed by atoms with Crippen LogP contribution in [0.4, 0.5) is 0 Å². The van der Waals surface area contributed by atoms with Crippen molar-refractivity contribution in [2.24, 2.45) is 0 Å². The van der Waals surface area contributed by atoms with Crippen LogP contribution >= 0.6 is 43.8 Å². The van der Waals surface area contributed by atoms with Gasteiger partial charge in [0.25, 0.3) is 0 Å². The zero-order chi connectivity index (χ0) is 9.68. The predicted octanol–water partition coefficient (Wildman–Crippen LogP) is 3.33. The van der Waals surface area contributed by atoms with Crippen LogP contribution in [0.3, 0.4) is 0 Å². The van der Waals surface area contributed by atoms with Gasteiger partial charge in [0.15, 0.2) is 0 Å². The Morgan fingerprint density at radius 2 is 2.23 bits per heavy atom. The van der Waals surface area contributed by atoms with Gasteiger partial charge >= 0.3 is 0 Å². The van der Waals surface area contributed by atoms with Gasteiger partial charge in [-0.3, -0.25) is 0 Å². The topological polar surface area (TPSA) is 35.8 Å². The van der Waals surface area contributed by atoms with Gasteiger partial charge in [-0.1, -0.05) is 15.9 Å². The van der Waals surface area contributed by atoms with Crippen molar-refractivity contribution in [2.75, 3.05) is 6.54 Å². The fourth-order valence-corrected chi connectivity index (χ4v) is 2.35. The Kier molecular flexibility index (Phi) is 4.81. The van der Waals surface area contributed by atoms with Crippen molar-refractivity contribution in [1.29, 1.82) is 5.26 Å². The van der Waals surface area contributed by atoms with Gasteiger partial charge in [-0.05, 0) is 46.1 Å². The summed E-state index contributed by atoms with van der Waals surface area (Å²) in [5.74, 6) is 0. The maximum Gasteiger partial charge on any atom is 0.0935 e. The molecule has 0 aliphatic heterocycles. The summed E-state index contributed by atoms with van der Waals surface area (Å²) >= 11 is 8.23. The first-order chi connectivity index (χ1) is 6.24. The minimum absolute atomic E-state index is 0.337. The summed E-state index contributed by atoms with van der Waals surface area (Å²) in [5.41, 5.74) is 0. The van der Waals surface area contributed by atoms with E-state index in [0.717, 1.165) is 13.8 Å². The molecule has 1 aromatic rings. The number of hydrogen-bond acceptors (Lipinski definition) is 3. The van der Waals surface area contributed by atoms with Crippen LogP contribution in [-0.2, 0) is 0 Å². The summed E-state index contributed by atoms with van der Waals surface area (Å²) in [6, 6.07) is 7.91. The quantitative estimate of drug-likeness (QED) is 0.527. The highest BCUT2D eigenvalue weighted by atomic mass is 79.9. The SMILES string of the molecule is N#CCNSc1cc(Br)ccc1Br. The molecule has 5 heteroatoms. The molecule has 13 heavy (non-hydrogen) atoms. The Morgan fingerprint density at radius 1 is 1.46 bits per heavy atom. The summed E-state index contributed by atoms with van der Waals surface area (Å²) < 4.78 is 4.97. The lowest BCUT2D eigenvalue weighted by Crippen LogP contribution is -2.02. The fourth-order valence-electron chi connectivity index (χ4n) is 0.702. The maximum atomic E-state index is 8.32. The van der Waals surface area contributed by atoms with Crippen molar-refractivity contribution in [3.8, 4) is 6.07 Å². The van der Waals surface area contributed by atoms with Crippen LogP contribution in [0, 0.1) is 11.3 Å². The molecule has 0 bridgehead atoms. The first-order valence-corrected chi connectivity index (χ1v) is 5.86. The summed E-state index contributed by atoms with van der Waals surface area (Å²) in [6.45, 7) is 0.337. The number of rotatable bonds is 3. The van der Waals surface area contributed by atoms with E-state index in [1.165, 1.54) is 11.9 Å². The molecule has 0 atom stereocenters. The average molecular weight is 322 g/mol. The Balaban J connectivity index is 2.65. The van der Waals surface area contributed by atoms with E-state index in [4.69, 9.17) is 5.26 Å². The van der Waals surface area contributed by atoms with Crippen molar-refractivity contribution >= 4 is 43.8 Å². The van der Waals surface area contributed by atoms with E-state index in [-0.39, 0.29) is 0 Å². The average Bonchev–Trinajstić information content (AvgIpc) is 2.11. The molecule has 0 fully saturated rings. The Morgan fingerprint density at radius 3 is 2.92 bits per heavy atom. The highest BCUT2D eigenvalue weighted by molar-refractivity contribution is 9.11. The van der Waals surface area contributed by atoms with Crippen LogP contribution in [0.5, 0.6) is 0 Å². The predicted molar refractivity (Wildman–Crippen MR) is 61.3 cm³/mol. The van der Waals surface area contributed by atoms with Crippen molar-refractivity contribution < 1.29 is 0 Å². The van der Waals surface area contributed by atoms with E-state index in [2.05, 4.69) is 36.6 Å². The van der Waals surface area contributed by atoms with Crippen LogP contribution in [0.2, 0.25) is 0 Å². The highest BCUT2D eigenvalue weighted by Crippen LogP contribution is 2.28. The molecule has 0 amide bonds. The first-order valence-electron chi connectivity index (χ1n) is 3.45. The third-order valence-corrected chi connectivity index (χ3v) is 3.52. The third kappa shape index (κ3) is 3.69. The molecule has 0 heterocycles. The normalized spacial score (nSPS) is 9.62. The van der Waals surface area contributed by atoms with Crippen LogP contribution < -0.4 is 4.72 Å². The number of benzene rings is 1. The molecule has 1 aromatic carbocycles.